The second kappa shape index (κ2) is 6.14. The number of rotatable bonds is 2. The van der Waals surface area contributed by atoms with E-state index in [0.29, 0.717) is 5.02 Å². The summed E-state index contributed by atoms with van der Waals surface area (Å²) in [7, 11) is 3.58. The van der Waals surface area contributed by atoms with Crippen molar-refractivity contribution >= 4 is 23.3 Å². The molecule has 0 atom stereocenters. The minimum atomic E-state index is 0.0852. The van der Waals surface area contributed by atoms with Gasteiger partial charge in [0, 0.05) is 59.2 Å². The molecule has 22 heavy (non-hydrogen) atoms. The van der Waals surface area contributed by atoms with Gasteiger partial charge in [0.25, 0.3) is 0 Å². The van der Waals surface area contributed by atoms with Gasteiger partial charge in [-0.1, -0.05) is 11.6 Å². The summed E-state index contributed by atoms with van der Waals surface area (Å²) in [4.78, 5) is 22.4. The maximum Gasteiger partial charge on any atom is 0.319 e. The Morgan fingerprint density at radius 1 is 1.23 bits per heavy atom. The zero-order valence-corrected chi connectivity index (χ0v) is 13.6. The number of amides is 2. The third-order valence-corrected chi connectivity index (χ3v) is 4.10. The minimum Gasteiger partial charge on any atom is -0.331 e. The molecule has 1 saturated heterocycles. The van der Waals surface area contributed by atoms with Crippen molar-refractivity contribution in [2.24, 2.45) is 0 Å². The first-order valence-corrected chi connectivity index (χ1v) is 7.72. The van der Waals surface area contributed by atoms with Crippen molar-refractivity contribution in [1.29, 1.82) is 0 Å². The van der Waals surface area contributed by atoms with E-state index < -0.39 is 0 Å². The van der Waals surface area contributed by atoms with Crippen LogP contribution in [0.1, 0.15) is 5.69 Å². The number of urea groups is 1. The highest BCUT2D eigenvalue weighted by molar-refractivity contribution is 6.30. The number of fused-ring (bicyclic) bond motifs is 1. The lowest BCUT2D eigenvalue weighted by molar-refractivity contribution is 0.119. The molecular weight excluding hydrogens is 302 g/mol. The van der Waals surface area contributed by atoms with Crippen LogP contribution in [-0.4, -0.2) is 70.4 Å². The fraction of sp³-hybridized carbons (Fsp3) is 0.467. The fourth-order valence-electron chi connectivity index (χ4n) is 2.70. The van der Waals surface area contributed by atoms with E-state index in [1.165, 1.54) is 0 Å². The lowest BCUT2D eigenvalue weighted by atomic mass is 10.3. The van der Waals surface area contributed by atoms with Gasteiger partial charge in [-0.25, -0.2) is 9.78 Å². The van der Waals surface area contributed by atoms with Crippen molar-refractivity contribution in [1.82, 2.24) is 24.1 Å². The Balaban J connectivity index is 1.61. The molecule has 0 saturated carbocycles. The topological polar surface area (TPSA) is 44.1 Å². The van der Waals surface area contributed by atoms with Gasteiger partial charge in [0.15, 0.2) is 0 Å². The molecule has 0 aromatic carbocycles. The summed E-state index contributed by atoms with van der Waals surface area (Å²) in [6.45, 7) is 4.05. The second-order valence-electron chi connectivity index (χ2n) is 5.79. The number of aromatic nitrogens is 2. The lowest BCUT2D eigenvalue weighted by Crippen LogP contribution is -2.51. The molecule has 0 radical (unpaired) electrons. The molecule has 7 heteroatoms. The summed E-state index contributed by atoms with van der Waals surface area (Å²) < 4.78 is 1.95. The van der Waals surface area contributed by atoms with Crippen LogP contribution in [-0.2, 0) is 6.54 Å². The highest BCUT2D eigenvalue weighted by Crippen LogP contribution is 2.14. The molecule has 1 fully saturated rings. The Morgan fingerprint density at radius 2 is 1.95 bits per heavy atom. The average molecular weight is 322 g/mol. The molecule has 2 amide bonds. The first-order valence-electron chi connectivity index (χ1n) is 7.34. The van der Waals surface area contributed by atoms with Gasteiger partial charge in [-0.15, -0.1) is 0 Å². The molecule has 0 aliphatic carbocycles. The summed E-state index contributed by atoms with van der Waals surface area (Å²) in [5.41, 5.74) is 1.93. The number of hydrogen-bond acceptors (Lipinski definition) is 3. The molecule has 118 valence electrons. The zero-order valence-electron chi connectivity index (χ0n) is 12.9. The highest BCUT2D eigenvalue weighted by Gasteiger charge is 2.22. The van der Waals surface area contributed by atoms with E-state index in [2.05, 4.69) is 9.88 Å². The van der Waals surface area contributed by atoms with Crippen LogP contribution >= 0.6 is 11.6 Å². The van der Waals surface area contributed by atoms with Crippen LogP contribution in [0.15, 0.2) is 24.5 Å². The van der Waals surface area contributed by atoms with Crippen LogP contribution in [0.2, 0.25) is 5.02 Å². The Bertz CT molecular complexity index is 676. The third-order valence-electron chi connectivity index (χ3n) is 3.88. The average Bonchev–Trinajstić information content (AvgIpc) is 2.88. The molecule has 0 N–H and O–H groups in total. The van der Waals surface area contributed by atoms with Crippen molar-refractivity contribution in [3.8, 4) is 0 Å². The quantitative estimate of drug-likeness (QED) is 0.847. The summed E-state index contributed by atoms with van der Waals surface area (Å²) in [6, 6.07) is 3.85. The number of halogens is 1. The minimum absolute atomic E-state index is 0.0852. The van der Waals surface area contributed by atoms with E-state index in [9.17, 15) is 4.79 Å². The molecule has 0 unspecified atom stereocenters. The number of imidazole rings is 1. The van der Waals surface area contributed by atoms with Gasteiger partial charge in [-0.05, 0) is 12.1 Å². The van der Waals surface area contributed by atoms with Crippen molar-refractivity contribution < 1.29 is 4.79 Å². The SMILES string of the molecule is CN(C)C(=O)N1CCN(Cc2cn3cc(Cl)ccc3n2)CC1. The molecule has 1 aliphatic heterocycles. The molecule has 6 nitrogen and oxygen atoms in total. The number of hydrogen-bond donors (Lipinski definition) is 0. The van der Waals surface area contributed by atoms with Gasteiger partial charge in [0.1, 0.15) is 5.65 Å². The monoisotopic (exact) mass is 321 g/mol. The van der Waals surface area contributed by atoms with Crippen molar-refractivity contribution in [3.63, 3.8) is 0 Å². The summed E-state index contributed by atoms with van der Waals surface area (Å²) >= 11 is 5.99. The van der Waals surface area contributed by atoms with E-state index in [0.717, 1.165) is 44.1 Å². The molecule has 0 bridgehead atoms. The van der Waals surface area contributed by atoms with Gasteiger partial charge in [0.2, 0.25) is 0 Å². The van der Waals surface area contributed by atoms with Crippen LogP contribution in [0.5, 0.6) is 0 Å². The van der Waals surface area contributed by atoms with E-state index in [4.69, 9.17) is 11.6 Å². The number of carbonyl (C=O) groups is 1. The van der Waals surface area contributed by atoms with E-state index >= 15 is 0 Å². The highest BCUT2D eigenvalue weighted by atomic mass is 35.5. The van der Waals surface area contributed by atoms with Gasteiger partial charge >= 0.3 is 6.03 Å². The Hall–Kier alpha value is -1.79. The van der Waals surface area contributed by atoms with Gasteiger partial charge < -0.3 is 14.2 Å². The third kappa shape index (κ3) is 3.18. The normalized spacial score (nSPS) is 16.2. The maximum absolute atomic E-state index is 11.9. The zero-order chi connectivity index (χ0) is 15.7. The summed E-state index contributed by atoms with van der Waals surface area (Å²) in [5.74, 6) is 0. The largest absolute Gasteiger partial charge is 0.331 e. The Labute approximate surface area is 134 Å². The molecule has 0 spiro atoms. The smallest absolute Gasteiger partial charge is 0.319 e. The second-order valence-corrected chi connectivity index (χ2v) is 6.22. The molecule has 2 aromatic rings. The van der Waals surface area contributed by atoms with Crippen LogP contribution in [0.4, 0.5) is 4.79 Å². The van der Waals surface area contributed by atoms with Crippen LogP contribution in [0.25, 0.3) is 5.65 Å². The van der Waals surface area contributed by atoms with Crippen LogP contribution in [0.3, 0.4) is 0 Å². The van der Waals surface area contributed by atoms with Crippen molar-refractivity contribution in [2.75, 3.05) is 40.3 Å². The first kappa shape index (κ1) is 15.1. The van der Waals surface area contributed by atoms with Gasteiger partial charge in [0.05, 0.1) is 10.7 Å². The van der Waals surface area contributed by atoms with Crippen LogP contribution in [0, 0.1) is 0 Å². The van der Waals surface area contributed by atoms with Gasteiger partial charge in [-0.3, -0.25) is 4.90 Å². The molecule has 2 aromatic heterocycles. The summed E-state index contributed by atoms with van der Waals surface area (Å²) in [6.07, 6.45) is 3.87. The molecule has 3 rings (SSSR count). The predicted octanol–water partition coefficient (Wildman–Crippen LogP) is 1.79. The lowest BCUT2D eigenvalue weighted by Gasteiger charge is -2.35. The molecule has 1 aliphatic rings. The molecule has 3 heterocycles. The fourth-order valence-corrected chi connectivity index (χ4v) is 2.87. The Kier molecular flexibility index (Phi) is 4.22. The predicted molar refractivity (Wildman–Crippen MR) is 86.1 cm³/mol. The Morgan fingerprint density at radius 3 is 2.64 bits per heavy atom. The standard InChI is InChI=1S/C15H20ClN5O/c1-18(2)15(22)20-7-5-19(6-8-20)10-13-11-21-9-12(16)3-4-14(21)17-13/h3-4,9,11H,5-8,10H2,1-2H3. The summed E-state index contributed by atoms with van der Waals surface area (Å²) in [5, 5.41) is 0.701. The number of nitrogens with zero attached hydrogens (tertiary/aromatic N) is 5. The van der Waals surface area contributed by atoms with E-state index in [-0.39, 0.29) is 6.03 Å². The van der Waals surface area contributed by atoms with E-state index in [1.54, 1.807) is 19.0 Å². The molecular formula is C15H20ClN5O. The maximum atomic E-state index is 11.9. The van der Waals surface area contributed by atoms with Crippen LogP contribution < -0.4 is 0 Å². The van der Waals surface area contributed by atoms with Crippen molar-refractivity contribution in [2.45, 2.75) is 6.54 Å². The number of pyridine rings is 1. The van der Waals surface area contributed by atoms with Crippen molar-refractivity contribution in [3.05, 3.63) is 35.2 Å². The first-order chi connectivity index (χ1) is 10.5. The number of piperazine rings is 1. The van der Waals surface area contributed by atoms with Gasteiger partial charge in [-0.2, -0.15) is 0 Å². The number of carbonyl (C=O) groups excluding carboxylic acids is 1. The van der Waals surface area contributed by atoms with E-state index in [1.807, 2.05) is 33.8 Å².